The van der Waals surface area contributed by atoms with Gasteiger partial charge in [-0.15, -0.1) is 0 Å². The van der Waals surface area contributed by atoms with E-state index >= 15 is 0 Å². The van der Waals surface area contributed by atoms with Gasteiger partial charge in [0, 0.05) is 4.90 Å². The van der Waals surface area contributed by atoms with Crippen molar-refractivity contribution >= 4 is 23.6 Å². The number of imide groups is 1. The Morgan fingerprint density at radius 2 is 1.59 bits per heavy atom. The zero-order valence-electron chi connectivity index (χ0n) is 15.3. The fraction of sp³-hybridized carbons (Fsp3) is 0.333. The molecule has 0 bridgehead atoms. The predicted octanol–water partition coefficient (Wildman–Crippen LogP) is 5.20. The lowest BCUT2D eigenvalue weighted by Gasteiger charge is -2.32. The summed E-state index contributed by atoms with van der Waals surface area (Å²) in [7, 11) is 0. The first kappa shape index (κ1) is 20.0. The van der Waals surface area contributed by atoms with Crippen LogP contribution in [0.4, 0.5) is 13.2 Å². The molecule has 2 aromatic rings. The molecule has 2 aliphatic rings. The van der Waals surface area contributed by atoms with Crippen molar-refractivity contribution in [2.24, 2.45) is 0 Å². The Labute approximate surface area is 170 Å². The molecular formula is C21H18F3NO3S. The number of carbonyl (C=O) groups excluding carboxylic acids is 2. The van der Waals surface area contributed by atoms with Crippen molar-refractivity contribution in [1.29, 1.82) is 0 Å². The van der Waals surface area contributed by atoms with Gasteiger partial charge in [0.25, 0.3) is 11.8 Å². The van der Waals surface area contributed by atoms with E-state index in [2.05, 4.69) is 0 Å². The summed E-state index contributed by atoms with van der Waals surface area (Å²) in [5, 5.41) is 0. The summed E-state index contributed by atoms with van der Waals surface area (Å²) in [5.74, 6) is -0.630. The SMILES string of the molecule is O=C1c2ccccc2C(=O)N1C[C@H]1CCC[C@@H](c2ccc(SC(F)(F)F)cc2)O1. The van der Waals surface area contributed by atoms with Crippen molar-refractivity contribution in [2.75, 3.05) is 6.54 Å². The fourth-order valence-corrected chi connectivity index (χ4v) is 4.31. The summed E-state index contributed by atoms with van der Waals surface area (Å²) >= 11 is -0.150. The van der Waals surface area contributed by atoms with Crippen LogP contribution in [0, 0.1) is 0 Å². The highest BCUT2D eigenvalue weighted by atomic mass is 32.2. The van der Waals surface area contributed by atoms with Crippen LogP contribution in [0.2, 0.25) is 0 Å². The molecule has 1 fully saturated rings. The third-order valence-corrected chi connectivity index (χ3v) is 5.84. The molecule has 2 heterocycles. The molecule has 0 radical (unpaired) electrons. The smallest absolute Gasteiger partial charge is 0.368 e. The molecule has 152 valence electrons. The minimum Gasteiger partial charge on any atom is -0.368 e. The Morgan fingerprint density at radius 3 is 2.17 bits per heavy atom. The number of alkyl halides is 3. The Hall–Kier alpha value is -2.32. The Kier molecular flexibility index (Phi) is 5.40. The Balaban J connectivity index is 1.42. The lowest BCUT2D eigenvalue weighted by molar-refractivity contribution is -0.0588. The van der Waals surface area contributed by atoms with Crippen LogP contribution in [0.25, 0.3) is 0 Å². The summed E-state index contributed by atoms with van der Waals surface area (Å²) in [4.78, 5) is 26.4. The molecule has 0 unspecified atom stereocenters. The fourth-order valence-electron chi connectivity index (χ4n) is 3.77. The number of halogens is 3. The quantitative estimate of drug-likeness (QED) is 0.503. The van der Waals surface area contributed by atoms with Gasteiger partial charge >= 0.3 is 5.51 Å². The van der Waals surface area contributed by atoms with Gasteiger partial charge in [0.15, 0.2) is 0 Å². The molecule has 0 saturated carbocycles. The standard InChI is InChI=1S/C21H18F3NO3S/c22-21(23,24)29-15-10-8-13(9-11-15)18-7-3-4-14(28-18)12-25-19(26)16-5-1-2-6-17(16)20(25)27/h1-2,5-6,8-11,14,18H,3-4,7,12H2/t14-,18+/m1/s1. The van der Waals surface area contributed by atoms with Gasteiger partial charge in [0.2, 0.25) is 0 Å². The number of rotatable bonds is 4. The number of ether oxygens (including phenoxy) is 1. The molecule has 29 heavy (non-hydrogen) atoms. The molecule has 2 aromatic carbocycles. The number of carbonyl (C=O) groups is 2. The Bertz CT molecular complexity index is 895. The zero-order valence-corrected chi connectivity index (χ0v) is 16.1. The lowest BCUT2D eigenvalue weighted by atomic mass is 9.98. The van der Waals surface area contributed by atoms with Crippen molar-refractivity contribution in [2.45, 2.75) is 41.9 Å². The molecule has 8 heteroatoms. The normalized spacial score (nSPS) is 22.1. The maximum absolute atomic E-state index is 12.5. The van der Waals surface area contributed by atoms with Crippen LogP contribution in [0.15, 0.2) is 53.4 Å². The van der Waals surface area contributed by atoms with E-state index in [0.717, 1.165) is 18.4 Å². The van der Waals surface area contributed by atoms with Gasteiger partial charge in [0.05, 0.1) is 29.9 Å². The first-order valence-electron chi connectivity index (χ1n) is 9.28. The van der Waals surface area contributed by atoms with Crippen LogP contribution in [0.3, 0.4) is 0 Å². The van der Waals surface area contributed by atoms with Crippen LogP contribution in [0.1, 0.15) is 51.6 Å². The van der Waals surface area contributed by atoms with Crippen LogP contribution in [0.5, 0.6) is 0 Å². The van der Waals surface area contributed by atoms with Gasteiger partial charge in [-0.25, -0.2) is 0 Å². The summed E-state index contributed by atoms with van der Waals surface area (Å²) in [6.07, 6.45) is 1.72. The number of amides is 2. The number of hydrogen-bond acceptors (Lipinski definition) is 4. The average Bonchev–Trinajstić information content (AvgIpc) is 2.93. The van der Waals surface area contributed by atoms with Gasteiger partial charge in [0.1, 0.15) is 0 Å². The molecule has 0 aliphatic carbocycles. The van der Waals surface area contributed by atoms with Crippen LogP contribution >= 0.6 is 11.8 Å². The first-order chi connectivity index (χ1) is 13.8. The monoisotopic (exact) mass is 421 g/mol. The summed E-state index contributed by atoms with van der Waals surface area (Å²) in [5.41, 5.74) is -2.71. The summed E-state index contributed by atoms with van der Waals surface area (Å²) < 4.78 is 43.5. The maximum atomic E-state index is 12.5. The largest absolute Gasteiger partial charge is 0.446 e. The number of fused-ring (bicyclic) bond motifs is 1. The first-order valence-corrected chi connectivity index (χ1v) is 10.1. The number of benzene rings is 2. The highest BCUT2D eigenvalue weighted by Gasteiger charge is 2.37. The number of hydrogen-bond donors (Lipinski definition) is 0. The van der Waals surface area contributed by atoms with Crippen molar-refractivity contribution in [3.63, 3.8) is 0 Å². The summed E-state index contributed by atoms with van der Waals surface area (Å²) in [6.45, 7) is 0.171. The second-order valence-corrected chi connectivity index (χ2v) is 8.20. The topological polar surface area (TPSA) is 46.6 Å². The van der Waals surface area contributed by atoms with Gasteiger partial charge in [-0.1, -0.05) is 24.3 Å². The summed E-state index contributed by atoms with van der Waals surface area (Å²) in [6, 6.07) is 12.9. The number of thioether (sulfide) groups is 1. The lowest BCUT2D eigenvalue weighted by Crippen LogP contribution is -2.39. The highest BCUT2D eigenvalue weighted by molar-refractivity contribution is 8.00. The van der Waals surface area contributed by atoms with Gasteiger partial charge < -0.3 is 4.74 Å². The molecule has 2 atom stereocenters. The van der Waals surface area contributed by atoms with E-state index in [4.69, 9.17) is 4.74 Å². The van der Waals surface area contributed by atoms with Gasteiger partial charge in [-0.05, 0) is 60.9 Å². The molecule has 0 spiro atoms. The van der Waals surface area contributed by atoms with Crippen LogP contribution < -0.4 is 0 Å². The molecule has 0 N–H and O–H groups in total. The molecule has 0 aromatic heterocycles. The molecule has 2 aliphatic heterocycles. The maximum Gasteiger partial charge on any atom is 0.446 e. The second kappa shape index (κ2) is 7.84. The number of nitrogens with zero attached hydrogens (tertiary/aromatic N) is 1. The van der Waals surface area contributed by atoms with Crippen molar-refractivity contribution in [1.82, 2.24) is 4.90 Å². The van der Waals surface area contributed by atoms with Crippen LogP contribution in [-0.4, -0.2) is 34.9 Å². The molecule has 4 rings (SSSR count). The van der Waals surface area contributed by atoms with Gasteiger partial charge in [-0.2, -0.15) is 13.2 Å². The van der Waals surface area contributed by atoms with Crippen molar-refractivity contribution in [3.05, 3.63) is 65.2 Å². The minimum atomic E-state index is -4.32. The predicted molar refractivity (Wildman–Crippen MR) is 102 cm³/mol. The van der Waals surface area contributed by atoms with E-state index in [1.807, 2.05) is 0 Å². The van der Waals surface area contributed by atoms with Gasteiger partial charge in [-0.3, -0.25) is 14.5 Å². The molecule has 2 amide bonds. The van der Waals surface area contributed by atoms with E-state index in [1.165, 1.54) is 17.0 Å². The zero-order chi connectivity index (χ0) is 20.6. The van der Waals surface area contributed by atoms with E-state index in [9.17, 15) is 22.8 Å². The van der Waals surface area contributed by atoms with E-state index < -0.39 is 5.51 Å². The average molecular weight is 421 g/mol. The minimum absolute atomic E-state index is 0.125. The van der Waals surface area contributed by atoms with Crippen LogP contribution in [-0.2, 0) is 4.74 Å². The van der Waals surface area contributed by atoms with Crippen molar-refractivity contribution in [3.8, 4) is 0 Å². The van der Waals surface area contributed by atoms with Crippen molar-refractivity contribution < 1.29 is 27.5 Å². The Morgan fingerprint density at radius 1 is 0.966 bits per heavy atom. The molecule has 4 nitrogen and oxygen atoms in total. The van der Waals surface area contributed by atoms with E-state index in [1.54, 1.807) is 36.4 Å². The molecular weight excluding hydrogens is 403 g/mol. The molecule has 1 saturated heterocycles. The third-order valence-electron chi connectivity index (χ3n) is 5.10. The second-order valence-electron chi connectivity index (χ2n) is 7.06. The third kappa shape index (κ3) is 4.33. The van der Waals surface area contributed by atoms with E-state index in [-0.39, 0.29) is 47.2 Å². The highest BCUT2D eigenvalue weighted by Crippen LogP contribution is 2.38. The van der Waals surface area contributed by atoms with E-state index in [0.29, 0.717) is 17.5 Å².